The van der Waals surface area contributed by atoms with Gasteiger partial charge in [-0.1, -0.05) is 67.1 Å². The molecule has 0 aliphatic carbocycles. The van der Waals surface area contributed by atoms with Gasteiger partial charge in [-0.05, 0) is 30.3 Å². The Morgan fingerprint density at radius 3 is 1.96 bits per heavy atom. The number of benzene rings is 2. The lowest BCUT2D eigenvalue weighted by Crippen LogP contribution is -2.49. The van der Waals surface area contributed by atoms with Crippen LogP contribution in [0.5, 0.6) is 0 Å². The maximum atomic E-state index is 12.3. The zero-order valence-corrected chi connectivity index (χ0v) is 13.2. The molecule has 0 amide bonds. The molecule has 0 aliphatic rings. The molecule has 2 rings (SSSR count). The Hall–Kier alpha value is -2.11. The van der Waals surface area contributed by atoms with Crippen molar-refractivity contribution < 1.29 is 9.45 Å². The highest BCUT2D eigenvalue weighted by molar-refractivity contribution is 6.81. The fourth-order valence-electron chi connectivity index (χ4n) is 2.41. The van der Waals surface area contributed by atoms with E-state index in [1.807, 2.05) is 60.7 Å². The molecule has 4 N–H and O–H groups in total. The highest BCUT2D eigenvalue weighted by atomic mass is 16.5. The summed E-state index contributed by atoms with van der Waals surface area (Å²) >= 11 is 0. The van der Waals surface area contributed by atoms with Gasteiger partial charge in [-0.25, -0.2) is 0 Å². The van der Waals surface area contributed by atoms with Crippen LogP contribution in [0.4, 0.5) is 0 Å². The molecule has 0 radical (unpaired) electrons. The van der Waals surface area contributed by atoms with Crippen molar-refractivity contribution in [3.8, 4) is 0 Å². The standard InChI is InChI=1S/C18H23BN2O2/c20-14-8-7-13-17(21)18(22)23-19(15-9-3-1-4-10-15)16-11-5-2-6-12-16/h1-6,9-12,17H,7-8,13-14,20-21H2. The topological polar surface area (TPSA) is 78.3 Å². The van der Waals surface area contributed by atoms with Crippen LogP contribution >= 0.6 is 0 Å². The van der Waals surface area contributed by atoms with E-state index >= 15 is 0 Å². The van der Waals surface area contributed by atoms with Gasteiger partial charge in [0.1, 0.15) is 6.04 Å². The Kier molecular flexibility index (Phi) is 6.85. The van der Waals surface area contributed by atoms with E-state index in [-0.39, 0.29) is 5.97 Å². The summed E-state index contributed by atoms with van der Waals surface area (Å²) < 4.78 is 5.72. The van der Waals surface area contributed by atoms with Gasteiger partial charge < -0.3 is 16.1 Å². The lowest BCUT2D eigenvalue weighted by molar-refractivity contribution is -0.136. The molecule has 5 heteroatoms. The van der Waals surface area contributed by atoms with E-state index in [2.05, 4.69) is 0 Å². The van der Waals surface area contributed by atoms with E-state index in [1.165, 1.54) is 0 Å². The SMILES string of the molecule is NCCCCC(N)C(=O)OB(c1ccccc1)c1ccccc1. The van der Waals surface area contributed by atoms with Gasteiger partial charge >= 0.3 is 12.9 Å². The molecule has 0 spiro atoms. The number of carbonyl (C=O) groups is 1. The average Bonchev–Trinajstić information content (AvgIpc) is 2.61. The normalized spacial score (nSPS) is 11.7. The Balaban J connectivity index is 2.11. The smallest absolute Gasteiger partial charge is 0.429 e. The van der Waals surface area contributed by atoms with Crippen LogP contribution in [0, 0.1) is 0 Å². The van der Waals surface area contributed by atoms with Crippen LogP contribution in [0.1, 0.15) is 19.3 Å². The molecular formula is C18H23BN2O2. The number of carbonyl (C=O) groups excluding carboxylic acids is 1. The molecule has 23 heavy (non-hydrogen) atoms. The van der Waals surface area contributed by atoms with Crippen LogP contribution in [-0.4, -0.2) is 25.5 Å². The third-order valence-corrected chi connectivity index (χ3v) is 3.71. The molecule has 0 fully saturated rings. The monoisotopic (exact) mass is 310 g/mol. The highest BCUT2D eigenvalue weighted by Crippen LogP contribution is 2.02. The van der Waals surface area contributed by atoms with Gasteiger partial charge in [-0.15, -0.1) is 0 Å². The van der Waals surface area contributed by atoms with Crippen molar-refractivity contribution in [2.45, 2.75) is 25.3 Å². The Bertz CT molecular complexity index is 553. The fourth-order valence-corrected chi connectivity index (χ4v) is 2.41. The van der Waals surface area contributed by atoms with Gasteiger partial charge in [0.2, 0.25) is 0 Å². The Morgan fingerprint density at radius 1 is 0.957 bits per heavy atom. The number of hydrogen-bond acceptors (Lipinski definition) is 4. The summed E-state index contributed by atoms with van der Waals surface area (Å²) in [4.78, 5) is 12.3. The number of nitrogens with two attached hydrogens (primary N) is 2. The van der Waals surface area contributed by atoms with Crippen molar-refractivity contribution in [2.75, 3.05) is 6.54 Å². The molecule has 2 aromatic carbocycles. The molecule has 0 bridgehead atoms. The lowest BCUT2D eigenvalue weighted by Gasteiger charge is -2.18. The third kappa shape index (κ3) is 5.23. The van der Waals surface area contributed by atoms with Gasteiger partial charge in [0.05, 0.1) is 0 Å². The predicted molar refractivity (Wildman–Crippen MR) is 94.9 cm³/mol. The average molecular weight is 310 g/mol. The zero-order valence-electron chi connectivity index (χ0n) is 13.2. The Labute approximate surface area is 137 Å². The molecule has 0 heterocycles. The predicted octanol–water partition coefficient (Wildman–Crippen LogP) is 0.792. The van der Waals surface area contributed by atoms with Crippen molar-refractivity contribution >= 4 is 23.8 Å². The summed E-state index contributed by atoms with van der Waals surface area (Å²) in [6, 6.07) is 18.8. The summed E-state index contributed by atoms with van der Waals surface area (Å²) in [7, 11) is 0. The van der Waals surface area contributed by atoms with E-state index in [4.69, 9.17) is 16.1 Å². The maximum absolute atomic E-state index is 12.3. The first-order valence-electron chi connectivity index (χ1n) is 7.98. The van der Waals surface area contributed by atoms with E-state index in [1.54, 1.807) is 0 Å². The molecule has 4 nitrogen and oxygen atoms in total. The summed E-state index contributed by atoms with van der Waals surface area (Å²) in [6.07, 6.45) is 2.28. The first kappa shape index (κ1) is 17.3. The molecule has 1 atom stereocenters. The van der Waals surface area contributed by atoms with Gasteiger partial charge in [-0.3, -0.25) is 4.79 Å². The Morgan fingerprint density at radius 2 is 1.48 bits per heavy atom. The van der Waals surface area contributed by atoms with Gasteiger partial charge in [0.25, 0.3) is 0 Å². The summed E-state index contributed by atoms with van der Waals surface area (Å²) in [6.45, 7) is 0.170. The van der Waals surface area contributed by atoms with Gasteiger partial charge in [-0.2, -0.15) is 0 Å². The van der Waals surface area contributed by atoms with Crippen molar-refractivity contribution in [1.82, 2.24) is 0 Å². The molecule has 2 aromatic rings. The van der Waals surface area contributed by atoms with Crippen LogP contribution < -0.4 is 22.4 Å². The van der Waals surface area contributed by atoms with E-state index in [9.17, 15) is 4.79 Å². The maximum Gasteiger partial charge on any atom is 0.429 e. The first-order chi connectivity index (χ1) is 11.2. The summed E-state index contributed by atoms with van der Waals surface area (Å²) in [5.41, 5.74) is 13.3. The van der Waals surface area contributed by atoms with E-state index in [0.29, 0.717) is 13.0 Å². The van der Waals surface area contributed by atoms with E-state index in [0.717, 1.165) is 23.8 Å². The van der Waals surface area contributed by atoms with Crippen LogP contribution in [0.15, 0.2) is 60.7 Å². The zero-order chi connectivity index (χ0) is 16.5. The molecule has 0 saturated heterocycles. The number of unbranched alkanes of at least 4 members (excludes halogenated alkanes) is 1. The highest BCUT2D eigenvalue weighted by Gasteiger charge is 2.27. The second-order valence-corrected chi connectivity index (χ2v) is 5.53. The lowest BCUT2D eigenvalue weighted by atomic mass is 9.55. The minimum absolute atomic E-state index is 0.375. The first-order valence-corrected chi connectivity index (χ1v) is 7.98. The molecule has 0 aromatic heterocycles. The van der Waals surface area contributed by atoms with Gasteiger partial charge in [0, 0.05) is 0 Å². The van der Waals surface area contributed by atoms with E-state index < -0.39 is 13.0 Å². The molecule has 120 valence electrons. The van der Waals surface area contributed by atoms with Crippen LogP contribution in [0.25, 0.3) is 0 Å². The molecule has 0 aliphatic heterocycles. The number of rotatable bonds is 8. The van der Waals surface area contributed by atoms with Crippen LogP contribution in [0.3, 0.4) is 0 Å². The van der Waals surface area contributed by atoms with Gasteiger partial charge in [0.15, 0.2) is 0 Å². The minimum atomic E-state index is -0.614. The third-order valence-electron chi connectivity index (χ3n) is 3.71. The van der Waals surface area contributed by atoms with Crippen molar-refractivity contribution in [3.05, 3.63) is 60.7 Å². The number of hydrogen-bond donors (Lipinski definition) is 2. The quantitative estimate of drug-likeness (QED) is 0.558. The van der Waals surface area contributed by atoms with Crippen molar-refractivity contribution in [3.63, 3.8) is 0 Å². The summed E-state index contributed by atoms with van der Waals surface area (Å²) in [5, 5.41) is 0. The van der Waals surface area contributed by atoms with Crippen LogP contribution in [0.2, 0.25) is 0 Å². The minimum Gasteiger partial charge on any atom is -0.525 e. The van der Waals surface area contributed by atoms with Crippen molar-refractivity contribution in [2.24, 2.45) is 11.5 Å². The largest absolute Gasteiger partial charge is 0.525 e. The van der Waals surface area contributed by atoms with Crippen LogP contribution in [-0.2, 0) is 9.45 Å². The summed E-state index contributed by atoms with van der Waals surface area (Å²) in [5.74, 6) is -0.375. The molecule has 0 saturated carbocycles. The molecular weight excluding hydrogens is 287 g/mol. The second kappa shape index (κ2) is 9.13. The fraction of sp³-hybridized carbons (Fsp3) is 0.278. The molecule has 1 unspecified atom stereocenters. The van der Waals surface area contributed by atoms with Crippen molar-refractivity contribution in [1.29, 1.82) is 0 Å². The second-order valence-electron chi connectivity index (χ2n) is 5.53.